The predicted molar refractivity (Wildman–Crippen MR) is 132 cm³/mol. The first-order valence-corrected chi connectivity index (χ1v) is 13.9. The van der Waals surface area contributed by atoms with Crippen LogP contribution in [0.25, 0.3) is 5.70 Å². The second-order valence-corrected chi connectivity index (χ2v) is 13.5. The van der Waals surface area contributed by atoms with Gasteiger partial charge in [0.2, 0.25) is 9.84 Å². The van der Waals surface area contributed by atoms with Gasteiger partial charge in [-0.3, -0.25) is 0 Å². The van der Waals surface area contributed by atoms with E-state index < -0.39 is 20.2 Å². The summed E-state index contributed by atoms with van der Waals surface area (Å²) in [5, 5.41) is 29.6. The van der Waals surface area contributed by atoms with Gasteiger partial charge in [0.05, 0.1) is 18.9 Å². The molecule has 5 rings (SSSR count). The van der Waals surface area contributed by atoms with Crippen molar-refractivity contribution >= 4 is 32.3 Å². The molecule has 0 spiro atoms. The number of ether oxygens (including phenoxy) is 1. The molecule has 0 aromatic heterocycles. The van der Waals surface area contributed by atoms with Crippen LogP contribution in [0.2, 0.25) is 0 Å². The van der Waals surface area contributed by atoms with Crippen molar-refractivity contribution in [2.45, 2.75) is 68.1 Å². The average Bonchev–Trinajstić information content (AvgIpc) is 3.74. The highest BCUT2D eigenvalue weighted by molar-refractivity contribution is 8.17. The Labute approximate surface area is 205 Å². The molecular formula is C25H29N3O4S2. The standard InChI is InChI=1S/C25H29N3O4S2/c1-15-5-12-21-28(27-23(33-21)25(29,17-7-8-17)18-9-10-18)22(15)16-6-11-19(32-4)20(13-16)34(30,31)24(2,3)14-26/h6,11-13,17-18,29H,5,7-10H2,1-4H3. The fourth-order valence-electron chi connectivity index (χ4n) is 4.74. The molecule has 0 bridgehead atoms. The Morgan fingerprint density at radius 1 is 1.24 bits per heavy atom. The van der Waals surface area contributed by atoms with Crippen LogP contribution < -0.4 is 4.74 Å². The van der Waals surface area contributed by atoms with Crippen molar-refractivity contribution < 1.29 is 18.3 Å². The molecule has 0 radical (unpaired) electrons. The van der Waals surface area contributed by atoms with Gasteiger partial charge in [-0.1, -0.05) is 0 Å². The fraction of sp³-hybridized carbons (Fsp3) is 0.520. The van der Waals surface area contributed by atoms with Gasteiger partial charge in [-0.05, 0) is 106 Å². The van der Waals surface area contributed by atoms with E-state index >= 15 is 0 Å². The largest absolute Gasteiger partial charge is 0.495 e. The van der Waals surface area contributed by atoms with E-state index in [0.29, 0.717) is 12.0 Å². The molecule has 1 aromatic carbocycles. The van der Waals surface area contributed by atoms with Crippen molar-refractivity contribution in [3.05, 3.63) is 40.4 Å². The van der Waals surface area contributed by atoms with E-state index in [-0.39, 0.29) is 22.5 Å². The highest BCUT2D eigenvalue weighted by Gasteiger charge is 2.58. The first-order chi connectivity index (χ1) is 16.0. The summed E-state index contributed by atoms with van der Waals surface area (Å²) >= 11 is 1.53. The molecule has 2 aliphatic heterocycles. The van der Waals surface area contributed by atoms with Crippen molar-refractivity contribution in [1.82, 2.24) is 5.01 Å². The molecule has 0 amide bonds. The van der Waals surface area contributed by atoms with E-state index in [1.807, 2.05) is 24.1 Å². The van der Waals surface area contributed by atoms with Crippen molar-refractivity contribution in [2.24, 2.45) is 16.9 Å². The number of nitriles is 1. The van der Waals surface area contributed by atoms with Crippen LogP contribution in [-0.4, -0.2) is 41.0 Å². The van der Waals surface area contributed by atoms with E-state index in [0.717, 1.165) is 47.0 Å². The first kappa shape index (κ1) is 23.5. The van der Waals surface area contributed by atoms with Crippen molar-refractivity contribution in [1.29, 1.82) is 5.26 Å². The number of rotatable bonds is 7. The zero-order chi connectivity index (χ0) is 24.5. The van der Waals surface area contributed by atoms with Crippen LogP contribution in [0, 0.1) is 23.2 Å². The van der Waals surface area contributed by atoms with E-state index in [9.17, 15) is 18.8 Å². The number of methoxy groups -OCH3 is 1. The van der Waals surface area contributed by atoms with Crippen molar-refractivity contribution in [2.75, 3.05) is 7.11 Å². The number of sulfone groups is 1. The number of hydrogen-bond acceptors (Lipinski definition) is 8. The summed E-state index contributed by atoms with van der Waals surface area (Å²) in [6, 6.07) is 6.94. The minimum atomic E-state index is -3.99. The molecule has 2 fully saturated rings. The molecule has 0 saturated heterocycles. The molecule has 1 N–H and O–H groups in total. The second kappa shape index (κ2) is 7.87. The van der Waals surface area contributed by atoms with Crippen LogP contribution in [0.15, 0.2) is 44.9 Å². The number of hydrazone groups is 1. The molecule has 2 heterocycles. The molecule has 7 nitrogen and oxygen atoms in total. The summed E-state index contributed by atoms with van der Waals surface area (Å²) in [4.78, 5) is -0.0148. The Morgan fingerprint density at radius 2 is 1.88 bits per heavy atom. The van der Waals surface area contributed by atoms with Gasteiger partial charge in [-0.25, -0.2) is 13.4 Å². The van der Waals surface area contributed by atoms with Crippen LogP contribution >= 0.6 is 11.8 Å². The highest BCUT2D eigenvalue weighted by atomic mass is 32.2. The van der Waals surface area contributed by atoms with Crippen LogP contribution in [0.1, 0.15) is 58.4 Å². The molecule has 34 heavy (non-hydrogen) atoms. The number of aliphatic hydroxyl groups is 1. The lowest BCUT2D eigenvalue weighted by Crippen LogP contribution is -2.41. The Hall–Kier alpha value is -2.28. The number of nitrogens with zero attached hydrogens (tertiary/aromatic N) is 3. The van der Waals surface area contributed by atoms with E-state index in [1.165, 1.54) is 32.7 Å². The average molecular weight is 500 g/mol. The van der Waals surface area contributed by atoms with Crippen LogP contribution in [-0.2, 0) is 9.84 Å². The van der Waals surface area contributed by atoms with Gasteiger partial charge in [0, 0.05) is 5.56 Å². The van der Waals surface area contributed by atoms with Gasteiger partial charge in [-0.2, -0.15) is 10.4 Å². The molecule has 2 saturated carbocycles. The lowest BCUT2D eigenvalue weighted by atomic mass is 9.93. The number of thioether (sulfide) groups is 1. The van der Waals surface area contributed by atoms with Crippen molar-refractivity contribution in [3.8, 4) is 11.8 Å². The number of allylic oxidation sites excluding steroid dienone is 2. The second-order valence-electron chi connectivity index (χ2n) is 10.1. The molecule has 2 aliphatic carbocycles. The summed E-state index contributed by atoms with van der Waals surface area (Å²) in [6.07, 6.45) is 6.94. The van der Waals surface area contributed by atoms with E-state index in [2.05, 4.69) is 6.08 Å². The minimum Gasteiger partial charge on any atom is -0.495 e. The Balaban J connectivity index is 1.59. The molecule has 9 heteroatoms. The normalized spacial score (nSPS) is 21.1. The van der Waals surface area contributed by atoms with Crippen LogP contribution in [0.5, 0.6) is 5.75 Å². The quantitative estimate of drug-likeness (QED) is 0.582. The summed E-state index contributed by atoms with van der Waals surface area (Å²) in [5.41, 5.74) is 1.67. The van der Waals surface area contributed by atoms with Crippen LogP contribution in [0.4, 0.5) is 0 Å². The molecule has 0 atom stereocenters. The Bertz CT molecular complexity index is 1280. The third-order valence-corrected chi connectivity index (χ3v) is 10.7. The molecule has 1 aromatic rings. The Kier molecular flexibility index (Phi) is 5.43. The van der Waals surface area contributed by atoms with Gasteiger partial charge >= 0.3 is 0 Å². The third kappa shape index (κ3) is 3.50. The fourth-order valence-corrected chi connectivity index (χ4v) is 7.31. The highest BCUT2D eigenvalue weighted by Crippen LogP contribution is 2.57. The lowest BCUT2D eigenvalue weighted by Gasteiger charge is -2.27. The summed E-state index contributed by atoms with van der Waals surface area (Å²) in [6.45, 7) is 4.79. The van der Waals surface area contributed by atoms with Gasteiger partial charge in [0.15, 0.2) is 4.75 Å². The number of hydrogen-bond donors (Lipinski definition) is 1. The lowest BCUT2D eigenvalue weighted by molar-refractivity contribution is 0.0678. The Morgan fingerprint density at radius 3 is 2.44 bits per heavy atom. The maximum absolute atomic E-state index is 13.3. The zero-order valence-corrected chi connectivity index (χ0v) is 21.5. The van der Waals surface area contributed by atoms with Gasteiger partial charge in [0.1, 0.15) is 26.3 Å². The zero-order valence-electron chi connectivity index (χ0n) is 19.8. The van der Waals surface area contributed by atoms with Crippen molar-refractivity contribution in [3.63, 3.8) is 0 Å². The van der Waals surface area contributed by atoms with E-state index in [1.54, 1.807) is 12.1 Å². The summed E-state index contributed by atoms with van der Waals surface area (Å²) in [7, 11) is -2.57. The monoisotopic (exact) mass is 499 g/mol. The topological polar surface area (TPSA) is 103 Å². The smallest absolute Gasteiger partial charge is 0.200 e. The number of fused-ring (bicyclic) bond motifs is 1. The van der Waals surface area contributed by atoms with E-state index in [4.69, 9.17) is 9.84 Å². The maximum Gasteiger partial charge on any atom is 0.200 e. The molecule has 0 unspecified atom stereocenters. The minimum absolute atomic E-state index is 0.0148. The third-order valence-electron chi connectivity index (χ3n) is 7.21. The summed E-state index contributed by atoms with van der Waals surface area (Å²) < 4.78 is 30.4. The predicted octanol–water partition coefficient (Wildman–Crippen LogP) is 4.66. The molecular weight excluding hydrogens is 470 g/mol. The van der Waals surface area contributed by atoms with Gasteiger partial charge in [0.25, 0.3) is 0 Å². The summed E-state index contributed by atoms with van der Waals surface area (Å²) in [5.74, 6) is 0.745. The van der Waals surface area contributed by atoms with Crippen LogP contribution in [0.3, 0.4) is 0 Å². The maximum atomic E-state index is 13.3. The number of benzene rings is 1. The first-order valence-electron chi connectivity index (χ1n) is 11.6. The van der Waals surface area contributed by atoms with Gasteiger partial charge < -0.3 is 9.84 Å². The molecule has 4 aliphatic rings. The SMILES string of the molecule is COc1ccc(C2=C(C)CC=C3SC(C(O)(C4CC4)C4CC4)=NN32)cc1S(=O)(=O)C(C)(C)C#N. The van der Waals surface area contributed by atoms with Gasteiger partial charge in [-0.15, -0.1) is 0 Å². The molecule has 180 valence electrons.